The molecule has 0 bridgehead atoms. The zero-order valence-corrected chi connectivity index (χ0v) is 11.1. The normalized spacial score (nSPS) is 10.1. The van der Waals surface area contributed by atoms with Gasteiger partial charge < -0.3 is 4.74 Å². The number of benzene rings is 1. The molecule has 0 spiro atoms. The molecular formula is C15H20O3. The number of hydrogen-bond acceptors (Lipinski definition) is 3. The van der Waals surface area contributed by atoms with Gasteiger partial charge in [-0.1, -0.05) is 37.1 Å². The van der Waals surface area contributed by atoms with Crippen LogP contribution < -0.4 is 0 Å². The third-order valence-corrected chi connectivity index (χ3v) is 2.66. The summed E-state index contributed by atoms with van der Waals surface area (Å²) in [6.45, 7) is 4.43. The largest absolute Gasteiger partial charge is 0.466 e. The molecule has 3 heteroatoms. The number of hydrogen-bond donors (Lipinski definition) is 0. The van der Waals surface area contributed by atoms with Crippen LogP contribution in [0.5, 0.6) is 0 Å². The van der Waals surface area contributed by atoms with Crippen molar-refractivity contribution in [2.45, 2.75) is 39.5 Å². The molecule has 0 radical (unpaired) electrons. The van der Waals surface area contributed by atoms with Gasteiger partial charge in [0.05, 0.1) is 13.0 Å². The van der Waals surface area contributed by atoms with Crippen molar-refractivity contribution in [3.05, 3.63) is 35.4 Å². The van der Waals surface area contributed by atoms with Crippen molar-refractivity contribution >= 4 is 11.8 Å². The van der Waals surface area contributed by atoms with Gasteiger partial charge in [0.15, 0.2) is 5.78 Å². The van der Waals surface area contributed by atoms with Gasteiger partial charge in [-0.25, -0.2) is 0 Å². The fourth-order valence-corrected chi connectivity index (χ4v) is 1.58. The molecule has 0 aliphatic rings. The van der Waals surface area contributed by atoms with Crippen LogP contribution in [-0.4, -0.2) is 18.4 Å². The molecule has 0 atom stereocenters. The molecule has 1 aromatic carbocycles. The highest BCUT2D eigenvalue weighted by Gasteiger charge is 2.10. The van der Waals surface area contributed by atoms with E-state index >= 15 is 0 Å². The SMILES string of the molecule is CCCCOC(=O)CCC(=O)c1cccc(C)c1. The van der Waals surface area contributed by atoms with Gasteiger partial charge in [-0.05, 0) is 19.4 Å². The number of carbonyl (C=O) groups is 2. The summed E-state index contributed by atoms with van der Waals surface area (Å²) in [7, 11) is 0. The quantitative estimate of drug-likeness (QED) is 0.422. The van der Waals surface area contributed by atoms with Gasteiger partial charge in [0.2, 0.25) is 0 Å². The van der Waals surface area contributed by atoms with E-state index < -0.39 is 0 Å². The molecule has 0 heterocycles. The van der Waals surface area contributed by atoms with Crippen LogP contribution in [-0.2, 0) is 9.53 Å². The van der Waals surface area contributed by atoms with Crippen molar-refractivity contribution in [3.8, 4) is 0 Å². The number of Topliss-reactive ketones (excluding diaryl/α,β-unsaturated/α-hetero) is 1. The first-order valence-corrected chi connectivity index (χ1v) is 6.39. The van der Waals surface area contributed by atoms with Crippen LogP contribution in [0.2, 0.25) is 0 Å². The van der Waals surface area contributed by atoms with E-state index in [1.54, 1.807) is 6.07 Å². The van der Waals surface area contributed by atoms with Crippen molar-refractivity contribution < 1.29 is 14.3 Å². The number of ether oxygens (including phenoxy) is 1. The molecule has 98 valence electrons. The molecule has 0 unspecified atom stereocenters. The van der Waals surface area contributed by atoms with Crippen molar-refractivity contribution in [1.29, 1.82) is 0 Å². The first kappa shape index (κ1) is 14.4. The lowest BCUT2D eigenvalue weighted by Crippen LogP contribution is -2.09. The number of rotatable bonds is 7. The molecule has 0 amide bonds. The average Bonchev–Trinajstić information content (AvgIpc) is 2.36. The Bertz CT molecular complexity index is 410. The highest BCUT2D eigenvalue weighted by molar-refractivity contribution is 5.97. The molecule has 0 aliphatic heterocycles. The van der Waals surface area contributed by atoms with Crippen LogP contribution in [0.15, 0.2) is 24.3 Å². The smallest absolute Gasteiger partial charge is 0.306 e. The van der Waals surface area contributed by atoms with E-state index in [0.29, 0.717) is 12.2 Å². The van der Waals surface area contributed by atoms with Gasteiger partial charge in [-0.3, -0.25) is 9.59 Å². The fraction of sp³-hybridized carbons (Fsp3) is 0.467. The number of ketones is 1. The Kier molecular flexibility index (Phi) is 6.12. The number of carbonyl (C=O) groups excluding carboxylic acids is 2. The monoisotopic (exact) mass is 248 g/mol. The minimum atomic E-state index is -0.288. The van der Waals surface area contributed by atoms with Crippen LogP contribution >= 0.6 is 0 Å². The maximum Gasteiger partial charge on any atom is 0.306 e. The predicted octanol–water partition coefficient (Wildman–Crippen LogP) is 3.30. The van der Waals surface area contributed by atoms with E-state index in [-0.39, 0.29) is 24.6 Å². The van der Waals surface area contributed by atoms with Crippen LogP contribution in [0, 0.1) is 6.92 Å². The lowest BCUT2D eigenvalue weighted by molar-refractivity contribution is -0.143. The van der Waals surface area contributed by atoms with E-state index in [0.717, 1.165) is 18.4 Å². The topological polar surface area (TPSA) is 43.4 Å². The first-order valence-electron chi connectivity index (χ1n) is 6.39. The van der Waals surface area contributed by atoms with Crippen LogP contribution in [0.1, 0.15) is 48.5 Å². The summed E-state index contributed by atoms with van der Waals surface area (Å²) < 4.78 is 5.00. The summed E-state index contributed by atoms with van der Waals surface area (Å²) in [6.07, 6.45) is 2.25. The summed E-state index contributed by atoms with van der Waals surface area (Å²) in [5, 5.41) is 0. The van der Waals surface area contributed by atoms with Gasteiger partial charge in [-0.2, -0.15) is 0 Å². The van der Waals surface area contributed by atoms with Crippen molar-refractivity contribution in [2.75, 3.05) is 6.61 Å². The van der Waals surface area contributed by atoms with Crippen LogP contribution in [0.4, 0.5) is 0 Å². The molecular weight excluding hydrogens is 228 g/mol. The van der Waals surface area contributed by atoms with Crippen molar-refractivity contribution in [3.63, 3.8) is 0 Å². The second-order valence-electron chi connectivity index (χ2n) is 4.37. The summed E-state index contributed by atoms with van der Waals surface area (Å²) in [5.74, 6) is -0.296. The molecule has 0 saturated carbocycles. The van der Waals surface area contributed by atoms with E-state index in [1.807, 2.05) is 32.0 Å². The second-order valence-corrected chi connectivity index (χ2v) is 4.37. The lowest BCUT2D eigenvalue weighted by Gasteiger charge is -2.04. The maximum absolute atomic E-state index is 11.8. The summed E-state index contributed by atoms with van der Waals surface area (Å²) in [6, 6.07) is 7.40. The Morgan fingerprint density at radius 1 is 1.22 bits per heavy atom. The van der Waals surface area contributed by atoms with E-state index in [9.17, 15) is 9.59 Å². The highest BCUT2D eigenvalue weighted by Crippen LogP contribution is 2.08. The molecule has 0 N–H and O–H groups in total. The lowest BCUT2D eigenvalue weighted by atomic mass is 10.0. The maximum atomic E-state index is 11.8. The second kappa shape index (κ2) is 7.64. The van der Waals surface area contributed by atoms with E-state index in [1.165, 1.54) is 0 Å². The molecule has 1 rings (SSSR count). The molecule has 0 saturated heterocycles. The van der Waals surface area contributed by atoms with Crippen LogP contribution in [0.25, 0.3) is 0 Å². The molecule has 0 aliphatic carbocycles. The van der Waals surface area contributed by atoms with Gasteiger partial charge in [-0.15, -0.1) is 0 Å². The average molecular weight is 248 g/mol. The predicted molar refractivity (Wildman–Crippen MR) is 70.6 cm³/mol. The van der Waals surface area contributed by atoms with Gasteiger partial charge in [0.25, 0.3) is 0 Å². The van der Waals surface area contributed by atoms with E-state index in [4.69, 9.17) is 4.74 Å². The van der Waals surface area contributed by atoms with Crippen LogP contribution in [0.3, 0.4) is 0 Å². The minimum absolute atomic E-state index is 0.00820. The fourth-order valence-electron chi connectivity index (χ4n) is 1.58. The molecule has 1 aromatic rings. The standard InChI is InChI=1S/C15H20O3/c1-3-4-10-18-15(17)9-8-14(16)13-7-5-6-12(2)11-13/h5-7,11H,3-4,8-10H2,1-2H3. The van der Waals surface area contributed by atoms with Gasteiger partial charge in [0.1, 0.15) is 0 Å². The Morgan fingerprint density at radius 3 is 2.67 bits per heavy atom. The number of unbranched alkanes of at least 4 members (excludes halogenated alkanes) is 1. The van der Waals surface area contributed by atoms with Crippen molar-refractivity contribution in [2.24, 2.45) is 0 Å². The highest BCUT2D eigenvalue weighted by atomic mass is 16.5. The molecule has 0 fully saturated rings. The summed E-state index contributed by atoms with van der Waals surface area (Å²) >= 11 is 0. The third-order valence-electron chi connectivity index (χ3n) is 2.66. The Hall–Kier alpha value is -1.64. The minimum Gasteiger partial charge on any atom is -0.466 e. The Balaban J connectivity index is 2.35. The molecule has 3 nitrogen and oxygen atoms in total. The first-order chi connectivity index (χ1) is 8.63. The van der Waals surface area contributed by atoms with Gasteiger partial charge in [0, 0.05) is 12.0 Å². The van der Waals surface area contributed by atoms with Gasteiger partial charge >= 0.3 is 5.97 Å². The zero-order valence-electron chi connectivity index (χ0n) is 11.1. The third kappa shape index (κ3) is 5.13. The Morgan fingerprint density at radius 2 is 2.00 bits per heavy atom. The number of aryl methyl sites for hydroxylation is 1. The summed E-state index contributed by atoms with van der Waals surface area (Å²) in [5.41, 5.74) is 1.71. The molecule has 0 aromatic heterocycles. The zero-order chi connectivity index (χ0) is 13.4. The summed E-state index contributed by atoms with van der Waals surface area (Å²) in [4.78, 5) is 23.2. The van der Waals surface area contributed by atoms with Crippen molar-refractivity contribution in [1.82, 2.24) is 0 Å². The van der Waals surface area contributed by atoms with E-state index in [2.05, 4.69) is 0 Å². The molecule has 18 heavy (non-hydrogen) atoms. The number of esters is 1. The Labute approximate surface area is 108 Å².